The van der Waals surface area contributed by atoms with Crippen molar-refractivity contribution in [2.24, 2.45) is 0 Å². The van der Waals surface area contributed by atoms with Crippen LogP contribution in [0.5, 0.6) is 5.75 Å². The molecule has 3 aromatic rings. The molecule has 0 radical (unpaired) electrons. The number of rotatable bonds is 7. The molecule has 0 aliphatic carbocycles. The molecule has 0 spiro atoms. The van der Waals surface area contributed by atoms with Crippen molar-refractivity contribution < 1.29 is 19.1 Å². The quantitative estimate of drug-likeness (QED) is 0.549. The SMILES string of the molecule is O=C(COc1ccccc1-c1ccccc1)NNC(=O)Cc1ccc(N2CCCC2=O)cc1. The Hall–Kier alpha value is -4.13. The summed E-state index contributed by atoms with van der Waals surface area (Å²) >= 11 is 0. The zero-order chi connectivity index (χ0) is 23.0. The van der Waals surface area contributed by atoms with Crippen LogP contribution < -0.4 is 20.5 Å². The summed E-state index contributed by atoms with van der Waals surface area (Å²) in [5.74, 6) is -0.106. The summed E-state index contributed by atoms with van der Waals surface area (Å²) in [7, 11) is 0. The minimum atomic E-state index is -0.464. The Bertz CT molecular complexity index is 1130. The molecule has 0 aromatic heterocycles. The number of hydrazine groups is 1. The lowest BCUT2D eigenvalue weighted by atomic mass is 10.1. The number of carbonyl (C=O) groups excluding carboxylic acids is 3. The monoisotopic (exact) mass is 443 g/mol. The van der Waals surface area contributed by atoms with Crippen LogP contribution in [-0.2, 0) is 20.8 Å². The van der Waals surface area contributed by atoms with E-state index in [2.05, 4.69) is 10.9 Å². The number of ether oxygens (including phenoxy) is 1. The summed E-state index contributed by atoms with van der Waals surface area (Å²) in [6.07, 6.45) is 1.54. The van der Waals surface area contributed by atoms with Crippen molar-refractivity contribution in [1.82, 2.24) is 10.9 Å². The molecule has 0 unspecified atom stereocenters. The number of hydrogen-bond donors (Lipinski definition) is 2. The third-order valence-corrected chi connectivity index (χ3v) is 5.36. The van der Waals surface area contributed by atoms with Crippen molar-refractivity contribution in [2.45, 2.75) is 19.3 Å². The molecule has 0 bridgehead atoms. The highest BCUT2D eigenvalue weighted by Gasteiger charge is 2.21. The summed E-state index contributed by atoms with van der Waals surface area (Å²) < 4.78 is 5.68. The number of carbonyl (C=O) groups is 3. The Morgan fingerprint density at radius 1 is 0.848 bits per heavy atom. The van der Waals surface area contributed by atoms with E-state index in [1.54, 1.807) is 11.0 Å². The Kier molecular flexibility index (Phi) is 6.99. The van der Waals surface area contributed by atoms with Gasteiger partial charge in [-0.3, -0.25) is 25.2 Å². The van der Waals surface area contributed by atoms with Crippen molar-refractivity contribution >= 4 is 23.4 Å². The van der Waals surface area contributed by atoms with E-state index >= 15 is 0 Å². The molecule has 33 heavy (non-hydrogen) atoms. The molecule has 168 valence electrons. The summed E-state index contributed by atoms with van der Waals surface area (Å²) in [6.45, 7) is 0.491. The van der Waals surface area contributed by atoms with Crippen molar-refractivity contribution in [3.63, 3.8) is 0 Å². The first kappa shape index (κ1) is 22.1. The second kappa shape index (κ2) is 10.5. The fourth-order valence-electron chi connectivity index (χ4n) is 3.71. The standard InChI is InChI=1S/C26H25N3O4/c30-24(17-19-12-14-21(15-13-19)29-16-6-11-26(29)32)27-28-25(31)18-33-23-10-5-4-9-22(23)20-7-2-1-3-8-20/h1-5,7-10,12-15H,6,11,16-18H2,(H,27,30)(H,28,31). The summed E-state index contributed by atoms with van der Waals surface area (Å²) in [6, 6.07) is 24.5. The Balaban J connectivity index is 1.24. The van der Waals surface area contributed by atoms with Crippen LogP contribution in [0.25, 0.3) is 11.1 Å². The second-order valence-electron chi connectivity index (χ2n) is 7.74. The highest BCUT2D eigenvalue weighted by atomic mass is 16.5. The largest absolute Gasteiger partial charge is 0.483 e. The van der Waals surface area contributed by atoms with Crippen LogP contribution in [-0.4, -0.2) is 30.9 Å². The molecule has 0 atom stereocenters. The maximum atomic E-state index is 12.2. The van der Waals surface area contributed by atoms with E-state index in [-0.39, 0.29) is 24.8 Å². The van der Waals surface area contributed by atoms with E-state index in [0.29, 0.717) is 12.2 Å². The van der Waals surface area contributed by atoms with Gasteiger partial charge in [0.05, 0.1) is 6.42 Å². The summed E-state index contributed by atoms with van der Waals surface area (Å²) in [5, 5.41) is 0. The molecule has 1 saturated heterocycles. The average Bonchev–Trinajstić information content (AvgIpc) is 3.28. The number of nitrogens with zero attached hydrogens (tertiary/aromatic N) is 1. The number of nitrogens with one attached hydrogen (secondary N) is 2. The Morgan fingerprint density at radius 2 is 1.55 bits per heavy atom. The summed E-state index contributed by atoms with van der Waals surface area (Å²) in [4.78, 5) is 37.9. The van der Waals surface area contributed by atoms with E-state index < -0.39 is 5.91 Å². The highest BCUT2D eigenvalue weighted by Crippen LogP contribution is 2.29. The van der Waals surface area contributed by atoms with E-state index in [4.69, 9.17) is 4.74 Å². The normalized spacial score (nSPS) is 13.0. The first-order chi connectivity index (χ1) is 16.1. The molecular formula is C26H25N3O4. The van der Waals surface area contributed by atoms with Crippen LogP contribution in [0.3, 0.4) is 0 Å². The molecule has 2 N–H and O–H groups in total. The minimum Gasteiger partial charge on any atom is -0.483 e. The van der Waals surface area contributed by atoms with Crippen LogP contribution in [0, 0.1) is 0 Å². The average molecular weight is 444 g/mol. The fourth-order valence-corrected chi connectivity index (χ4v) is 3.71. The van der Waals surface area contributed by atoms with Gasteiger partial charge in [-0.2, -0.15) is 0 Å². The van der Waals surface area contributed by atoms with Gasteiger partial charge in [0.1, 0.15) is 5.75 Å². The number of anilines is 1. The molecule has 1 heterocycles. The molecule has 3 aromatic carbocycles. The lowest BCUT2D eigenvalue weighted by Gasteiger charge is -2.16. The molecule has 1 aliphatic rings. The smallest absolute Gasteiger partial charge is 0.276 e. The molecule has 7 heteroatoms. The van der Waals surface area contributed by atoms with Crippen LogP contribution in [0.15, 0.2) is 78.9 Å². The van der Waals surface area contributed by atoms with Gasteiger partial charge in [-0.1, -0.05) is 60.7 Å². The minimum absolute atomic E-state index is 0.103. The maximum Gasteiger partial charge on any atom is 0.276 e. The first-order valence-corrected chi connectivity index (χ1v) is 10.8. The van der Waals surface area contributed by atoms with Crippen molar-refractivity contribution in [2.75, 3.05) is 18.1 Å². The fraction of sp³-hybridized carbons (Fsp3) is 0.192. The maximum absolute atomic E-state index is 12.2. The third kappa shape index (κ3) is 5.77. The molecule has 7 nitrogen and oxygen atoms in total. The van der Waals surface area contributed by atoms with Crippen LogP contribution in [0.4, 0.5) is 5.69 Å². The van der Waals surface area contributed by atoms with Gasteiger partial charge in [-0.25, -0.2) is 0 Å². The molecule has 1 aliphatic heterocycles. The predicted octanol–water partition coefficient (Wildman–Crippen LogP) is 3.25. The van der Waals surface area contributed by atoms with Gasteiger partial charge in [0, 0.05) is 24.2 Å². The van der Waals surface area contributed by atoms with Gasteiger partial charge in [0.25, 0.3) is 5.91 Å². The third-order valence-electron chi connectivity index (χ3n) is 5.36. The molecule has 4 rings (SSSR count). The van der Waals surface area contributed by atoms with Gasteiger partial charge in [-0.15, -0.1) is 0 Å². The van der Waals surface area contributed by atoms with Gasteiger partial charge in [0.2, 0.25) is 11.8 Å². The number of amides is 3. The molecule has 1 fully saturated rings. The Labute approximate surface area is 192 Å². The van der Waals surface area contributed by atoms with E-state index in [1.165, 1.54) is 0 Å². The number of benzene rings is 3. The van der Waals surface area contributed by atoms with Gasteiger partial charge < -0.3 is 9.64 Å². The van der Waals surface area contributed by atoms with Crippen molar-refractivity contribution in [3.05, 3.63) is 84.4 Å². The van der Waals surface area contributed by atoms with Crippen molar-refractivity contribution in [1.29, 1.82) is 0 Å². The van der Waals surface area contributed by atoms with E-state index in [9.17, 15) is 14.4 Å². The first-order valence-electron chi connectivity index (χ1n) is 10.8. The van der Waals surface area contributed by atoms with Gasteiger partial charge in [0.15, 0.2) is 6.61 Å². The zero-order valence-corrected chi connectivity index (χ0v) is 18.1. The lowest BCUT2D eigenvalue weighted by Crippen LogP contribution is -2.44. The second-order valence-corrected chi connectivity index (χ2v) is 7.74. The van der Waals surface area contributed by atoms with E-state index in [0.717, 1.165) is 35.3 Å². The van der Waals surface area contributed by atoms with Crippen LogP contribution >= 0.6 is 0 Å². The lowest BCUT2D eigenvalue weighted by molar-refractivity contribution is -0.129. The van der Waals surface area contributed by atoms with Crippen LogP contribution in [0.2, 0.25) is 0 Å². The van der Waals surface area contributed by atoms with Crippen molar-refractivity contribution in [3.8, 4) is 16.9 Å². The predicted molar refractivity (Wildman–Crippen MR) is 125 cm³/mol. The van der Waals surface area contributed by atoms with E-state index in [1.807, 2.05) is 72.8 Å². The van der Waals surface area contributed by atoms with Gasteiger partial charge >= 0.3 is 0 Å². The summed E-state index contributed by atoms with van der Waals surface area (Å²) in [5.41, 5.74) is 8.27. The highest BCUT2D eigenvalue weighted by molar-refractivity contribution is 5.95. The van der Waals surface area contributed by atoms with Gasteiger partial charge in [-0.05, 0) is 35.7 Å². The Morgan fingerprint density at radius 3 is 2.27 bits per heavy atom. The number of para-hydroxylation sites is 1. The molecular weight excluding hydrogens is 418 g/mol. The molecule has 0 saturated carbocycles. The van der Waals surface area contributed by atoms with Crippen LogP contribution in [0.1, 0.15) is 18.4 Å². The number of hydrogen-bond acceptors (Lipinski definition) is 4. The zero-order valence-electron chi connectivity index (χ0n) is 18.1. The topological polar surface area (TPSA) is 87.7 Å². The molecule has 3 amide bonds.